The molecule has 1 aromatic rings. The lowest BCUT2D eigenvalue weighted by atomic mass is 10.2. The molecule has 1 fully saturated rings. The van der Waals surface area contributed by atoms with E-state index in [-0.39, 0.29) is 30.8 Å². The largest absolute Gasteiger partial charge is 0.486 e. The van der Waals surface area contributed by atoms with Crippen LogP contribution in [0.15, 0.2) is 18.2 Å². The van der Waals surface area contributed by atoms with E-state index < -0.39 is 0 Å². The molecule has 132 valence electrons. The zero-order valence-electron chi connectivity index (χ0n) is 14.0. The van der Waals surface area contributed by atoms with Crippen molar-refractivity contribution in [3.05, 3.63) is 18.2 Å². The van der Waals surface area contributed by atoms with Crippen molar-refractivity contribution in [1.29, 1.82) is 5.26 Å². The van der Waals surface area contributed by atoms with Crippen molar-refractivity contribution in [2.24, 2.45) is 0 Å². The third-order valence-corrected chi connectivity index (χ3v) is 4.20. The molecule has 1 saturated heterocycles. The normalized spacial score (nSPS) is 18.6. The fourth-order valence-corrected chi connectivity index (χ4v) is 2.86. The van der Waals surface area contributed by atoms with Crippen LogP contribution in [0, 0.1) is 11.3 Å². The summed E-state index contributed by atoms with van der Waals surface area (Å²) in [5, 5.41) is 11.4. The first kappa shape index (κ1) is 16.9. The molecule has 1 aromatic carbocycles. The van der Waals surface area contributed by atoms with E-state index in [4.69, 9.17) is 14.7 Å². The number of benzene rings is 1. The van der Waals surface area contributed by atoms with E-state index in [9.17, 15) is 9.59 Å². The van der Waals surface area contributed by atoms with Crippen LogP contribution in [-0.4, -0.2) is 56.2 Å². The van der Waals surface area contributed by atoms with Gasteiger partial charge in [-0.3, -0.25) is 4.79 Å². The number of ether oxygens (including phenoxy) is 2. The van der Waals surface area contributed by atoms with Gasteiger partial charge in [-0.05, 0) is 12.1 Å². The molecule has 8 heteroatoms. The molecule has 1 N–H and O–H groups in total. The molecule has 2 heterocycles. The summed E-state index contributed by atoms with van der Waals surface area (Å²) < 4.78 is 11.0. The van der Waals surface area contributed by atoms with E-state index in [1.54, 1.807) is 24.1 Å². The topological polar surface area (TPSA) is 94.9 Å². The summed E-state index contributed by atoms with van der Waals surface area (Å²) in [5.41, 5.74) is 0.726. The molecule has 2 aliphatic rings. The first-order valence-electron chi connectivity index (χ1n) is 8.17. The molecule has 0 spiro atoms. The standard InChI is InChI=1S/C17H20N4O4/c1-20(6-2-5-18)17(23)19-12-9-16(22)21(11-12)13-3-4-14-15(10-13)25-8-7-24-14/h3-4,10,12H,2,6-9,11H2,1H3,(H,19,23)/t12-/m1/s1. The SMILES string of the molecule is CN(CCC#N)C(=O)N[C@@H]1CC(=O)N(c2ccc3c(c2)OCCO3)C1. The van der Waals surface area contributed by atoms with E-state index >= 15 is 0 Å². The summed E-state index contributed by atoms with van der Waals surface area (Å²) in [7, 11) is 1.63. The number of hydrogen-bond acceptors (Lipinski definition) is 5. The van der Waals surface area contributed by atoms with Gasteiger partial charge in [0.25, 0.3) is 0 Å². The summed E-state index contributed by atoms with van der Waals surface area (Å²) in [6.45, 7) is 1.76. The Morgan fingerprint density at radius 1 is 1.40 bits per heavy atom. The number of nitrogens with zero attached hydrogens (tertiary/aromatic N) is 3. The summed E-state index contributed by atoms with van der Waals surface area (Å²) in [6, 6.07) is 6.85. The minimum atomic E-state index is -0.280. The Hall–Kier alpha value is -2.95. The molecular formula is C17H20N4O4. The van der Waals surface area contributed by atoms with Gasteiger partial charge in [0.2, 0.25) is 5.91 Å². The third kappa shape index (κ3) is 3.76. The van der Waals surface area contributed by atoms with Crippen LogP contribution in [0.5, 0.6) is 11.5 Å². The second-order valence-electron chi connectivity index (χ2n) is 6.01. The number of urea groups is 1. The summed E-state index contributed by atoms with van der Waals surface area (Å²) >= 11 is 0. The van der Waals surface area contributed by atoms with Crippen molar-refractivity contribution < 1.29 is 19.1 Å². The Bertz CT molecular complexity index is 715. The number of fused-ring (bicyclic) bond motifs is 1. The van der Waals surface area contributed by atoms with Crippen molar-refractivity contribution in [3.8, 4) is 17.6 Å². The van der Waals surface area contributed by atoms with E-state index in [1.807, 2.05) is 12.1 Å². The maximum Gasteiger partial charge on any atom is 0.317 e. The number of nitrogens with one attached hydrogen (secondary N) is 1. The molecule has 0 saturated carbocycles. The maximum atomic E-state index is 12.3. The third-order valence-electron chi connectivity index (χ3n) is 4.20. The second-order valence-corrected chi connectivity index (χ2v) is 6.01. The van der Waals surface area contributed by atoms with Crippen LogP contribution in [-0.2, 0) is 4.79 Å². The Balaban J connectivity index is 1.63. The maximum absolute atomic E-state index is 12.3. The molecule has 3 amide bonds. The fraction of sp³-hybridized carbons (Fsp3) is 0.471. The Kier molecular flexibility index (Phi) is 4.93. The highest BCUT2D eigenvalue weighted by Gasteiger charge is 2.32. The number of anilines is 1. The van der Waals surface area contributed by atoms with Crippen LogP contribution in [0.4, 0.5) is 10.5 Å². The van der Waals surface area contributed by atoms with Crippen LogP contribution in [0.3, 0.4) is 0 Å². The molecule has 1 atom stereocenters. The van der Waals surface area contributed by atoms with Crippen LogP contribution < -0.4 is 19.7 Å². The molecule has 2 aliphatic heterocycles. The summed E-state index contributed by atoms with van der Waals surface area (Å²) in [4.78, 5) is 27.5. The van der Waals surface area contributed by atoms with Gasteiger partial charge in [0.05, 0.1) is 18.5 Å². The minimum absolute atomic E-state index is 0.0540. The highest BCUT2D eigenvalue weighted by atomic mass is 16.6. The zero-order chi connectivity index (χ0) is 17.8. The lowest BCUT2D eigenvalue weighted by molar-refractivity contribution is -0.117. The summed E-state index contributed by atoms with van der Waals surface area (Å²) in [6.07, 6.45) is 0.517. The quantitative estimate of drug-likeness (QED) is 0.883. The number of nitriles is 1. The highest BCUT2D eigenvalue weighted by molar-refractivity contribution is 5.97. The lowest BCUT2D eigenvalue weighted by Crippen LogP contribution is -2.44. The first-order chi connectivity index (χ1) is 12.1. The number of carbonyl (C=O) groups is 2. The molecule has 8 nitrogen and oxygen atoms in total. The Morgan fingerprint density at radius 2 is 2.16 bits per heavy atom. The van der Waals surface area contributed by atoms with Gasteiger partial charge in [-0.2, -0.15) is 5.26 Å². The predicted octanol–water partition coefficient (Wildman–Crippen LogP) is 1.12. The fourth-order valence-electron chi connectivity index (χ4n) is 2.86. The van der Waals surface area contributed by atoms with E-state index in [2.05, 4.69) is 5.32 Å². The Labute approximate surface area is 145 Å². The first-order valence-corrected chi connectivity index (χ1v) is 8.17. The van der Waals surface area contributed by atoms with Crippen molar-refractivity contribution >= 4 is 17.6 Å². The number of amides is 3. The van der Waals surface area contributed by atoms with Gasteiger partial charge < -0.3 is 24.6 Å². The number of hydrogen-bond donors (Lipinski definition) is 1. The van der Waals surface area contributed by atoms with Crippen molar-refractivity contribution in [3.63, 3.8) is 0 Å². The summed E-state index contributed by atoms with van der Waals surface area (Å²) in [5.74, 6) is 1.24. The Morgan fingerprint density at radius 3 is 2.92 bits per heavy atom. The van der Waals surface area contributed by atoms with Gasteiger partial charge in [-0.1, -0.05) is 0 Å². The van der Waals surface area contributed by atoms with Gasteiger partial charge in [-0.15, -0.1) is 0 Å². The van der Waals surface area contributed by atoms with Crippen molar-refractivity contribution in [1.82, 2.24) is 10.2 Å². The zero-order valence-corrected chi connectivity index (χ0v) is 14.0. The minimum Gasteiger partial charge on any atom is -0.486 e. The molecule has 25 heavy (non-hydrogen) atoms. The second kappa shape index (κ2) is 7.30. The lowest BCUT2D eigenvalue weighted by Gasteiger charge is -2.23. The van der Waals surface area contributed by atoms with Crippen LogP contribution in [0.2, 0.25) is 0 Å². The van der Waals surface area contributed by atoms with E-state index in [0.717, 1.165) is 5.69 Å². The molecule has 0 aliphatic carbocycles. The molecule has 3 rings (SSSR count). The number of carbonyl (C=O) groups excluding carboxylic acids is 2. The number of rotatable bonds is 4. The van der Waals surface area contributed by atoms with Crippen LogP contribution in [0.25, 0.3) is 0 Å². The predicted molar refractivity (Wildman–Crippen MR) is 89.6 cm³/mol. The average molecular weight is 344 g/mol. The molecule has 0 aromatic heterocycles. The molecular weight excluding hydrogens is 324 g/mol. The van der Waals surface area contributed by atoms with Gasteiger partial charge in [0.1, 0.15) is 13.2 Å². The van der Waals surface area contributed by atoms with Gasteiger partial charge in [-0.25, -0.2) is 4.79 Å². The van der Waals surface area contributed by atoms with Gasteiger partial charge in [0, 0.05) is 38.3 Å². The smallest absolute Gasteiger partial charge is 0.317 e. The van der Waals surface area contributed by atoms with Crippen LogP contribution >= 0.6 is 0 Å². The van der Waals surface area contributed by atoms with E-state index in [1.165, 1.54) is 4.90 Å². The van der Waals surface area contributed by atoms with E-state index in [0.29, 0.717) is 37.8 Å². The van der Waals surface area contributed by atoms with Crippen molar-refractivity contribution in [2.75, 3.05) is 38.3 Å². The van der Waals surface area contributed by atoms with Gasteiger partial charge >= 0.3 is 6.03 Å². The monoisotopic (exact) mass is 344 g/mol. The molecule has 0 radical (unpaired) electrons. The highest BCUT2D eigenvalue weighted by Crippen LogP contribution is 2.35. The molecule has 0 bridgehead atoms. The van der Waals surface area contributed by atoms with Gasteiger partial charge in [0.15, 0.2) is 11.5 Å². The van der Waals surface area contributed by atoms with Crippen LogP contribution in [0.1, 0.15) is 12.8 Å². The average Bonchev–Trinajstić information content (AvgIpc) is 2.99. The van der Waals surface area contributed by atoms with Crippen molar-refractivity contribution in [2.45, 2.75) is 18.9 Å². The molecule has 0 unspecified atom stereocenters.